The fraction of sp³-hybridized carbons (Fsp3) is 0.269. The van der Waals surface area contributed by atoms with E-state index >= 15 is 0 Å². The standard InChI is InChI=1S/C26H28FN3O3S/c1-21-11-13-23(14-12-21)34(32,33)30(25-10-6-5-9-24(25)27)20-26(31)29-17-15-28(16-18-29)19-22-7-3-2-4-8-22/h2-14H,15-20H2,1H3/p+1. The van der Waals surface area contributed by atoms with Gasteiger partial charge < -0.3 is 9.80 Å². The van der Waals surface area contributed by atoms with Crippen LogP contribution in [0.25, 0.3) is 0 Å². The quantitative estimate of drug-likeness (QED) is 0.562. The first-order valence-corrected chi connectivity index (χ1v) is 12.8. The zero-order chi connectivity index (χ0) is 24.1. The van der Waals surface area contributed by atoms with Gasteiger partial charge in [0.15, 0.2) is 0 Å². The molecule has 0 aliphatic carbocycles. The van der Waals surface area contributed by atoms with Crippen LogP contribution in [0, 0.1) is 12.7 Å². The van der Waals surface area contributed by atoms with Crippen LogP contribution in [-0.2, 0) is 21.4 Å². The first-order chi connectivity index (χ1) is 16.3. The number of piperazine rings is 1. The van der Waals surface area contributed by atoms with E-state index in [0.717, 1.165) is 29.5 Å². The molecule has 1 aliphatic rings. The summed E-state index contributed by atoms with van der Waals surface area (Å²) in [5.41, 5.74) is 2.01. The molecule has 4 rings (SSSR count). The number of sulfonamides is 1. The van der Waals surface area contributed by atoms with Crippen molar-refractivity contribution >= 4 is 21.6 Å². The molecule has 178 valence electrons. The number of para-hydroxylation sites is 1. The number of hydrogen-bond acceptors (Lipinski definition) is 3. The predicted octanol–water partition coefficient (Wildman–Crippen LogP) is 2.26. The van der Waals surface area contributed by atoms with Crippen LogP contribution in [0.2, 0.25) is 0 Å². The number of amides is 1. The molecule has 1 fully saturated rings. The molecule has 0 radical (unpaired) electrons. The van der Waals surface area contributed by atoms with E-state index < -0.39 is 22.4 Å². The van der Waals surface area contributed by atoms with Crippen LogP contribution in [0.4, 0.5) is 10.1 Å². The highest BCUT2D eigenvalue weighted by molar-refractivity contribution is 7.92. The number of quaternary nitrogens is 1. The first-order valence-electron chi connectivity index (χ1n) is 11.3. The summed E-state index contributed by atoms with van der Waals surface area (Å²) < 4.78 is 42.5. The summed E-state index contributed by atoms with van der Waals surface area (Å²) in [5.74, 6) is -1.03. The van der Waals surface area contributed by atoms with Gasteiger partial charge in [-0.05, 0) is 31.2 Å². The van der Waals surface area contributed by atoms with Crippen LogP contribution in [0.15, 0.2) is 83.8 Å². The molecule has 8 heteroatoms. The number of hydrogen-bond donors (Lipinski definition) is 1. The molecule has 0 spiro atoms. The molecule has 0 bridgehead atoms. The topological polar surface area (TPSA) is 62.1 Å². The average molecular weight is 483 g/mol. The van der Waals surface area contributed by atoms with Crippen molar-refractivity contribution in [3.05, 3.63) is 95.8 Å². The molecule has 0 atom stereocenters. The summed E-state index contributed by atoms with van der Waals surface area (Å²) >= 11 is 0. The molecule has 1 saturated heterocycles. The Morgan fingerprint density at radius 3 is 2.21 bits per heavy atom. The molecule has 1 heterocycles. The molecule has 6 nitrogen and oxygen atoms in total. The van der Waals surface area contributed by atoms with Crippen LogP contribution in [0.3, 0.4) is 0 Å². The lowest BCUT2D eigenvalue weighted by molar-refractivity contribution is -0.917. The SMILES string of the molecule is Cc1ccc(S(=O)(=O)N(CC(=O)N2CC[NH+](Cc3ccccc3)CC2)c2ccccc2F)cc1. The van der Waals surface area contributed by atoms with Crippen molar-refractivity contribution in [1.82, 2.24) is 4.90 Å². The Bertz CT molecular complexity index is 1230. The van der Waals surface area contributed by atoms with Crippen LogP contribution in [0.5, 0.6) is 0 Å². The van der Waals surface area contributed by atoms with Crippen LogP contribution in [-0.4, -0.2) is 51.9 Å². The summed E-state index contributed by atoms with van der Waals surface area (Å²) in [5, 5.41) is 0. The van der Waals surface area contributed by atoms with Gasteiger partial charge in [0.25, 0.3) is 10.0 Å². The number of anilines is 1. The summed E-state index contributed by atoms with van der Waals surface area (Å²) in [4.78, 5) is 16.2. The van der Waals surface area contributed by atoms with Crippen molar-refractivity contribution in [2.24, 2.45) is 0 Å². The van der Waals surface area contributed by atoms with Crippen molar-refractivity contribution in [2.45, 2.75) is 18.4 Å². The molecule has 34 heavy (non-hydrogen) atoms. The smallest absolute Gasteiger partial charge is 0.264 e. The number of rotatable bonds is 7. The Kier molecular flexibility index (Phi) is 7.29. The van der Waals surface area contributed by atoms with Gasteiger partial charge in [0, 0.05) is 5.56 Å². The lowest BCUT2D eigenvalue weighted by atomic mass is 10.2. The lowest BCUT2D eigenvalue weighted by Gasteiger charge is -2.34. The Hall–Kier alpha value is -3.23. The van der Waals surface area contributed by atoms with E-state index in [4.69, 9.17) is 0 Å². The van der Waals surface area contributed by atoms with Gasteiger partial charge in [-0.25, -0.2) is 12.8 Å². The van der Waals surface area contributed by atoms with Gasteiger partial charge in [0.05, 0.1) is 36.8 Å². The van der Waals surface area contributed by atoms with E-state index in [0.29, 0.717) is 13.1 Å². The zero-order valence-electron chi connectivity index (χ0n) is 19.2. The van der Waals surface area contributed by atoms with Crippen LogP contribution < -0.4 is 9.21 Å². The number of nitrogens with one attached hydrogen (secondary N) is 1. The molecule has 0 saturated carbocycles. The van der Waals surface area contributed by atoms with E-state index in [1.807, 2.05) is 25.1 Å². The number of benzene rings is 3. The molecule has 3 aromatic rings. The minimum atomic E-state index is -4.14. The number of halogens is 1. The number of nitrogens with zero attached hydrogens (tertiary/aromatic N) is 2. The maximum Gasteiger partial charge on any atom is 0.264 e. The Labute approximate surface area is 200 Å². The molecule has 0 aromatic heterocycles. The second-order valence-electron chi connectivity index (χ2n) is 8.57. The van der Waals surface area contributed by atoms with E-state index in [-0.39, 0.29) is 16.5 Å². The van der Waals surface area contributed by atoms with Gasteiger partial charge >= 0.3 is 0 Å². The third-order valence-electron chi connectivity index (χ3n) is 6.13. The van der Waals surface area contributed by atoms with Gasteiger partial charge in [-0.2, -0.15) is 0 Å². The van der Waals surface area contributed by atoms with Crippen molar-refractivity contribution in [3.63, 3.8) is 0 Å². The average Bonchev–Trinajstić information content (AvgIpc) is 2.84. The zero-order valence-corrected chi connectivity index (χ0v) is 20.0. The summed E-state index contributed by atoms with van der Waals surface area (Å²) in [6.45, 7) is 4.87. The molecular weight excluding hydrogens is 453 g/mol. The fourth-order valence-electron chi connectivity index (χ4n) is 4.15. The van der Waals surface area contributed by atoms with Crippen molar-refractivity contribution < 1.29 is 22.5 Å². The van der Waals surface area contributed by atoms with Gasteiger partial charge in [-0.3, -0.25) is 9.10 Å². The number of carbonyl (C=O) groups is 1. The monoisotopic (exact) mass is 482 g/mol. The van der Waals surface area contributed by atoms with Crippen LogP contribution >= 0.6 is 0 Å². The maximum absolute atomic E-state index is 14.7. The van der Waals surface area contributed by atoms with E-state index in [1.165, 1.54) is 40.8 Å². The second-order valence-corrected chi connectivity index (χ2v) is 10.4. The van der Waals surface area contributed by atoms with Gasteiger partial charge in [-0.15, -0.1) is 0 Å². The van der Waals surface area contributed by atoms with E-state index in [2.05, 4.69) is 12.1 Å². The fourth-order valence-corrected chi connectivity index (χ4v) is 5.57. The highest BCUT2D eigenvalue weighted by atomic mass is 32.2. The normalized spacial score (nSPS) is 14.7. The van der Waals surface area contributed by atoms with Gasteiger partial charge in [-0.1, -0.05) is 60.2 Å². The molecule has 3 aromatic carbocycles. The Morgan fingerprint density at radius 2 is 1.56 bits per heavy atom. The van der Waals surface area contributed by atoms with E-state index in [1.54, 1.807) is 23.1 Å². The highest BCUT2D eigenvalue weighted by Crippen LogP contribution is 2.26. The molecule has 0 unspecified atom stereocenters. The van der Waals surface area contributed by atoms with Crippen molar-refractivity contribution in [2.75, 3.05) is 37.0 Å². The summed E-state index contributed by atoms with van der Waals surface area (Å²) in [6.07, 6.45) is 0. The Morgan fingerprint density at radius 1 is 0.941 bits per heavy atom. The third kappa shape index (κ3) is 5.46. The highest BCUT2D eigenvalue weighted by Gasteiger charge is 2.32. The maximum atomic E-state index is 14.7. The first kappa shape index (κ1) is 23.9. The molecule has 1 aliphatic heterocycles. The molecular formula is C26H29FN3O3S+. The summed E-state index contributed by atoms with van der Waals surface area (Å²) in [6, 6.07) is 22.2. The number of aryl methyl sites for hydroxylation is 1. The molecule has 1 amide bonds. The minimum absolute atomic E-state index is 0.0197. The van der Waals surface area contributed by atoms with Crippen molar-refractivity contribution in [3.8, 4) is 0 Å². The summed E-state index contributed by atoms with van der Waals surface area (Å²) in [7, 11) is -4.14. The van der Waals surface area contributed by atoms with Gasteiger partial charge in [0.1, 0.15) is 18.9 Å². The van der Waals surface area contributed by atoms with Crippen molar-refractivity contribution in [1.29, 1.82) is 0 Å². The Balaban J connectivity index is 1.50. The number of carbonyl (C=O) groups excluding carboxylic acids is 1. The predicted molar refractivity (Wildman–Crippen MR) is 130 cm³/mol. The largest absolute Gasteiger partial charge is 0.330 e. The minimum Gasteiger partial charge on any atom is -0.330 e. The van der Waals surface area contributed by atoms with Crippen LogP contribution in [0.1, 0.15) is 11.1 Å². The second kappa shape index (κ2) is 10.4. The third-order valence-corrected chi connectivity index (χ3v) is 7.90. The van der Waals surface area contributed by atoms with E-state index in [9.17, 15) is 17.6 Å². The lowest BCUT2D eigenvalue weighted by Crippen LogP contribution is -3.13. The van der Waals surface area contributed by atoms with Gasteiger partial charge in [0.2, 0.25) is 5.91 Å². The molecule has 1 N–H and O–H groups in total.